The first kappa shape index (κ1) is 12.0. The highest BCUT2D eigenvalue weighted by molar-refractivity contribution is 9.10. The third-order valence-corrected chi connectivity index (χ3v) is 3.66. The average Bonchev–Trinajstić information content (AvgIpc) is 3.13. The first-order valence-corrected chi connectivity index (χ1v) is 6.24. The Morgan fingerprint density at radius 3 is 2.81 bits per heavy atom. The van der Waals surface area contributed by atoms with E-state index in [1.165, 1.54) is 12.8 Å². The van der Waals surface area contributed by atoms with Gasteiger partial charge in [0.25, 0.3) is 0 Å². The van der Waals surface area contributed by atoms with Crippen LogP contribution < -0.4 is 5.73 Å². The molecule has 0 amide bonds. The Bertz CT molecular complexity index is 389. The number of hydrogen-bond donors (Lipinski definition) is 2. The highest BCUT2D eigenvalue weighted by Crippen LogP contribution is 2.39. The first-order valence-electron chi connectivity index (χ1n) is 5.44. The highest BCUT2D eigenvalue weighted by Gasteiger charge is 2.32. The normalized spacial score (nSPS) is 19.5. The molecule has 0 spiro atoms. The summed E-state index contributed by atoms with van der Waals surface area (Å²) < 4.78 is 0.818. The van der Waals surface area contributed by atoms with Gasteiger partial charge in [0.1, 0.15) is 5.82 Å². The molecule has 1 aliphatic rings. The number of aliphatic hydroxyl groups excluding tert-OH is 1. The number of aromatic nitrogens is 2. The minimum Gasteiger partial charge on any atom is -0.395 e. The second-order valence-electron chi connectivity index (χ2n) is 4.62. The van der Waals surface area contributed by atoms with Crippen molar-refractivity contribution < 1.29 is 5.11 Å². The molecule has 1 atom stereocenters. The van der Waals surface area contributed by atoms with Crippen molar-refractivity contribution >= 4 is 15.9 Å². The lowest BCUT2D eigenvalue weighted by molar-refractivity contribution is 0.206. The van der Waals surface area contributed by atoms with Gasteiger partial charge < -0.3 is 10.8 Å². The van der Waals surface area contributed by atoms with E-state index in [0.29, 0.717) is 12.5 Å². The van der Waals surface area contributed by atoms with Crippen LogP contribution in [0.25, 0.3) is 0 Å². The van der Waals surface area contributed by atoms with Gasteiger partial charge in [0.2, 0.25) is 0 Å². The molecule has 0 bridgehead atoms. The number of halogens is 1. The molecule has 1 heterocycles. The van der Waals surface area contributed by atoms with Crippen LogP contribution in [-0.4, -0.2) is 28.2 Å². The fourth-order valence-corrected chi connectivity index (χ4v) is 2.25. The number of rotatable bonds is 4. The summed E-state index contributed by atoms with van der Waals surface area (Å²) in [7, 11) is 0. The highest BCUT2D eigenvalue weighted by atomic mass is 79.9. The van der Waals surface area contributed by atoms with Crippen LogP contribution in [0.2, 0.25) is 0 Å². The Labute approximate surface area is 103 Å². The summed E-state index contributed by atoms with van der Waals surface area (Å²) in [5.41, 5.74) is 6.04. The van der Waals surface area contributed by atoms with Crippen LogP contribution in [0.5, 0.6) is 0 Å². The third kappa shape index (κ3) is 2.12. The predicted molar refractivity (Wildman–Crippen MR) is 65.2 cm³/mol. The van der Waals surface area contributed by atoms with Gasteiger partial charge in [-0.15, -0.1) is 0 Å². The second-order valence-corrected chi connectivity index (χ2v) is 5.48. The Balaban J connectivity index is 2.41. The largest absolute Gasteiger partial charge is 0.395 e. The maximum atomic E-state index is 9.45. The van der Waals surface area contributed by atoms with Crippen molar-refractivity contribution in [1.29, 1.82) is 0 Å². The number of aliphatic hydroxyl groups is 1. The molecule has 0 aromatic carbocycles. The zero-order valence-electron chi connectivity index (χ0n) is 9.28. The van der Waals surface area contributed by atoms with Gasteiger partial charge >= 0.3 is 0 Å². The van der Waals surface area contributed by atoms with E-state index in [1.54, 1.807) is 6.20 Å². The summed E-state index contributed by atoms with van der Waals surface area (Å²) >= 11 is 3.43. The molecule has 3 N–H and O–H groups in total. The van der Waals surface area contributed by atoms with Crippen LogP contribution in [-0.2, 0) is 5.41 Å². The number of nitrogens with zero attached hydrogens (tertiary/aromatic N) is 2. The molecule has 1 unspecified atom stereocenters. The topological polar surface area (TPSA) is 72.0 Å². The molecule has 2 rings (SSSR count). The Morgan fingerprint density at radius 2 is 2.31 bits per heavy atom. The molecule has 1 fully saturated rings. The van der Waals surface area contributed by atoms with E-state index in [9.17, 15) is 5.11 Å². The van der Waals surface area contributed by atoms with Crippen LogP contribution in [0, 0.1) is 0 Å². The lowest BCUT2D eigenvalue weighted by Crippen LogP contribution is -2.37. The molecule has 1 saturated carbocycles. The van der Waals surface area contributed by atoms with E-state index in [0.717, 1.165) is 16.0 Å². The standard InChI is InChI=1S/C11H16BrN3O/c1-11(5-13,6-16)9-8(12)4-14-10(15-9)7-2-3-7/h4,7,16H,2-3,5-6,13H2,1H3. The molecule has 0 radical (unpaired) electrons. The lowest BCUT2D eigenvalue weighted by Gasteiger charge is -2.26. The van der Waals surface area contributed by atoms with Crippen LogP contribution in [0.15, 0.2) is 10.7 Å². The molecule has 0 aliphatic heterocycles. The molecule has 16 heavy (non-hydrogen) atoms. The van der Waals surface area contributed by atoms with Gasteiger partial charge in [0.05, 0.1) is 16.8 Å². The SMILES string of the molecule is CC(CN)(CO)c1nc(C2CC2)ncc1Br. The molecular formula is C11H16BrN3O. The van der Waals surface area contributed by atoms with E-state index >= 15 is 0 Å². The smallest absolute Gasteiger partial charge is 0.131 e. The van der Waals surface area contributed by atoms with Crippen LogP contribution in [0.1, 0.15) is 37.2 Å². The molecule has 1 aromatic heterocycles. The summed E-state index contributed by atoms with van der Waals surface area (Å²) in [5, 5.41) is 9.45. The van der Waals surface area contributed by atoms with E-state index < -0.39 is 5.41 Å². The second kappa shape index (κ2) is 4.39. The molecule has 4 nitrogen and oxygen atoms in total. The predicted octanol–water partition coefficient (Wildman–Crippen LogP) is 1.33. The van der Waals surface area contributed by atoms with Gasteiger partial charge in [-0.2, -0.15) is 0 Å². The molecule has 1 aliphatic carbocycles. The van der Waals surface area contributed by atoms with Crippen molar-refractivity contribution in [2.75, 3.05) is 13.2 Å². The minimum absolute atomic E-state index is 0.0107. The Morgan fingerprint density at radius 1 is 1.62 bits per heavy atom. The van der Waals surface area contributed by atoms with Crippen LogP contribution >= 0.6 is 15.9 Å². The van der Waals surface area contributed by atoms with Crippen molar-refractivity contribution in [3.63, 3.8) is 0 Å². The Kier molecular flexibility index (Phi) is 3.28. The number of hydrogen-bond acceptors (Lipinski definition) is 4. The lowest BCUT2D eigenvalue weighted by atomic mass is 9.87. The minimum atomic E-state index is -0.495. The van der Waals surface area contributed by atoms with E-state index in [1.807, 2.05) is 6.92 Å². The zero-order valence-corrected chi connectivity index (χ0v) is 10.9. The van der Waals surface area contributed by atoms with Crippen LogP contribution in [0.3, 0.4) is 0 Å². The van der Waals surface area contributed by atoms with Crippen molar-refractivity contribution in [3.05, 3.63) is 22.2 Å². The van der Waals surface area contributed by atoms with Crippen molar-refractivity contribution in [2.45, 2.75) is 31.1 Å². The summed E-state index contributed by atoms with van der Waals surface area (Å²) in [6.45, 7) is 2.27. The quantitative estimate of drug-likeness (QED) is 0.875. The zero-order chi connectivity index (χ0) is 11.8. The maximum absolute atomic E-state index is 9.45. The Hall–Kier alpha value is -0.520. The van der Waals surface area contributed by atoms with Gasteiger partial charge in [-0.25, -0.2) is 9.97 Å². The van der Waals surface area contributed by atoms with Gasteiger partial charge in [-0.1, -0.05) is 6.92 Å². The van der Waals surface area contributed by atoms with Gasteiger partial charge in [0.15, 0.2) is 0 Å². The summed E-state index contributed by atoms with van der Waals surface area (Å²) in [5.74, 6) is 1.39. The summed E-state index contributed by atoms with van der Waals surface area (Å²) in [6, 6.07) is 0. The third-order valence-electron chi connectivity index (χ3n) is 3.08. The summed E-state index contributed by atoms with van der Waals surface area (Å²) in [4.78, 5) is 8.85. The van der Waals surface area contributed by atoms with Gasteiger partial charge in [-0.3, -0.25) is 0 Å². The molecular weight excluding hydrogens is 270 g/mol. The van der Waals surface area contributed by atoms with Crippen molar-refractivity contribution in [3.8, 4) is 0 Å². The fourth-order valence-electron chi connectivity index (χ4n) is 1.58. The van der Waals surface area contributed by atoms with E-state index in [4.69, 9.17) is 5.73 Å². The van der Waals surface area contributed by atoms with E-state index in [-0.39, 0.29) is 6.61 Å². The molecule has 0 saturated heterocycles. The van der Waals surface area contributed by atoms with Gasteiger partial charge in [-0.05, 0) is 28.8 Å². The monoisotopic (exact) mass is 285 g/mol. The van der Waals surface area contributed by atoms with Crippen LogP contribution in [0.4, 0.5) is 0 Å². The maximum Gasteiger partial charge on any atom is 0.131 e. The van der Waals surface area contributed by atoms with E-state index in [2.05, 4.69) is 25.9 Å². The molecule has 88 valence electrons. The summed E-state index contributed by atoms with van der Waals surface area (Å²) in [6.07, 6.45) is 4.10. The van der Waals surface area contributed by atoms with Crippen molar-refractivity contribution in [2.24, 2.45) is 5.73 Å². The van der Waals surface area contributed by atoms with Crippen molar-refractivity contribution in [1.82, 2.24) is 9.97 Å². The average molecular weight is 286 g/mol. The first-order chi connectivity index (χ1) is 7.60. The molecule has 5 heteroatoms. The fraction of sp³-hybridized carbons (Fsp3) is 0.636. The number of nitrogens with two attached hydrogens (primary N) is 1. The molecule has 1 aromatic rings. The van der Waals surface area contributed by atoms with Gasteiger partial charge in [0, 0.05) is 24.1 Å².